The van der Waals surface area contributed by atoms with Crippen LogP contribution < -0.4 is 5.32 Å². The Kier molecular flexibility index (Phi) is 8.51. The number of carbonyl (C=O) groups excluding carboxylic acids is 1. The first-order valence-electron chi connectivity index (χ1n) is 6.68. The quantitative estimate of drug-likeness (QED) is 0.663. The van der Waals surface area contributed by atoms with Gasteiger partial charge in [-0.05, 0) is 41.7 Å². The molecule has 0 aromatic carbocycles. The smallest absolute Gasteiger partial charge is 0.220 e. The van der Waals surface area contributed by atoms with Crippen LogP contribution in [0.3, 0.4) is 0 Å². The van der Waals surface area contributed by atoms with Gasteiger partial charge in [-0.1, -0.05) is 13.3 Å². The van der Waals surface area contributed by atoms with Crippen LogP contribution in [0.15, 0.2) is 16.8 Å². The van der Waals surface area contributed by atoms with Crippen molar-refractivity contribution < 1.29 is 9.53 Å². The summed E-state index contributed by atoms with van der Waals surface area (Å²) in [6.45, 7) is 4.44. The van der Waals surface area contributed by atoms with E-state index in [0.717, 1.165) is 32.5 Å². The molecule has 0 saturated heterocycles. The molecule has 0 unspecified atom stereocenters. The molecule has 0 atom stereocenters. The minimum atomic E-state index is 0.134. The maximum Gasteiger partial charge on any atom is 0.220 e. The third-order valence-corrected chi connectivity index (χ3v) is 3.38. The van der Waals surface area contributed by atoms with Crippen LogP contribution in [0, 0.1) is 0 Å². The molecule has 1 N–H and O–H groups in total. The molecule has 0 aliphatic heterocycles. The number of hydrogen-bond donors (Lipinski definition) is 1. The molecule has 0 bridgehead atoms. The van der Waals surface area contributed by atoms with E-state index < -0.39 is 0 Å². The van der Waals surface area contributed by atoms with Crippen LogP contribution in [0.2, 0.25) is 0 Å². The van der Waals surface area contributed by atoms with Crippen LogP contribution >= 0.6 is 11.3 Å². The minimum Gasteiger partial charge on any atom is -0.381 e. The fraction of sp³-hybridized carbons (Fsp3) is 0.643. The molecule has 0 aliphatic rings. The Balaban J connectivity index is 1.90. The largest absolute Gasteiger partial charge is 0.381 e. The van der Waals surface area contributed by atoms with Crippen LogP contribution in [0.25, 0.3) is 0 Å². The standard InChI is InChI=1S/C14H23NO2S/c1-2-3-9-17-10-4-8-15-14(16)6-5-13-7-11-18-12-13/h7,11-12H,2-6,8-10H2,1H3,(H,15,16). The molecule has 1 heterocycles. The maximum absolute atomic E-state index is 11.5. The second-order valence-electron chi connectivity index (χ2n) is 4.30. The number of amides is 1. The fourth-order valence-electron chi connectivity index (χ4n) is 1.53. The van der Waals surface area contributed by atoms with E-state index in [4.69, 9.17) is 4.74 Å². The average Bonchev–Trinajstić information content (AvgIpc) is 2.88. The van der Waals surface area contributed by atoms with Gasteiger partial charge in [0.05, 0.1) is 0 Å². The lowest BCUT2D eigenvalue weighted by atomic mass is 10.2. The lowest BCUT2D eigenvalue weighted by molar-refractivity contribution is -0.121. The van der Waals surface area contributed by atoms with Gasteiger partial charge in [0.25, 0.3) is 0 Å². The van der Waals surface area contributed by atoms with E-state index >= 15 is 0 Å². The molecule has 1 amide bonds. The topological polar surface area (TPSA) is 38.3 Å². The number of ether oxygens (including phenoxy) is 1. The van der Waals surface area contributed by atoms with Crippen molar-refractivity contribution >= 4 is 17.2 Å². The summed E-state index contributed by atoms with van der Waals surface area (Å²) in [5.74, 6) is 0.134. The van der Waals surface area contributed by atoms with E-state index in [1.54, 1.807) is 11.3 Å². The Morgan fingerprint density at radius 3 is 2.94 bits per heavy atom. The molecule has 1 aromatic rings. The van der Waals surface area contributed by atoms with Crippen molar-refractivity contribution in [3.8, 4) is 0 Å². The number of hydrogen-bond acceptors (Lipinski definition) is 3. The highest BCUT2D eigenvalue weighted by molar-refractivity contribution is 7.07. The minimum absolute atomic E-state index is 0.134. The van der Waals surface area contributed by atoms with Gasteiger partial charge in [0, 0.05) is 26.2 Å². The van der Waals surface area contributed by atoms with Gasteiger partial charge in [-0.2, -0.15) is 11.3 Å². The SMILES string of the molecule is CCCCOCCCNC(=O)CCc1ccsc1. The Hall–Kier alpha value is -0.870. The first-order chi connectivity index (χ1) is 8.83. The van der Waals surface area contributed by atoms with E-state index in [0.29, 0.717) is 13.0 Å². The molecule has 18 heavy (non-hydrogen) atoms. The lowest BCUT2D eigenvalue weighted by Gasteiger charge is -2.05. The Labute approximate surface area is 114 Å². The number of aryl methyl sites for hydroxylation is 1. The summed E-state index contributed by atoms with van der Waals surface area (Å²) in [6.07, 6.45) is 4.59. The molecule has 0 fully saturated rings. The zero-order valence-electron chi connectivity index (χ0n) is 11.1. The third-order valence-electron chi connectivity index (χ3n) is 2.65. The molecule has 0 spiro atoms. The van der Waals surface area contributed by atoms with Crippen LogP contribution in [0.1, 0.15) is 38.2 Å². The van der Waals surface area contributed by atoms with Gasteiger partial charge < -0.3 is 10.1 Å². The molecule has 1 aromatic heterocycles. The van der Waals surface area contributed by atoms with Gasteiger partial charge in [-0.25, -0.2) is 0 Å². The van der Waals surface area contributed by atoms with E-state index in [1.165, 1.54) is 12.0 Å². The number of unbranched alkanes of at least 4 members (excludes halogenated alkanes) is 1. The molecule has 1 rings (SSSR count). The zero-order valence-corrected chi connectivity index (χ0v) is 11.9. The number of nitrogens with one attached hydrogen (secondary N) is 1. The average molecular weight is 269 g/mol. The number of rotatable bonds is 10. The van der Waals surface area contributed by atoms with Gasteiger partial charge >= 0.3 is 0 Å². The van der Waals surface area contributed by atoms with Crippen molar-refractivity contribution in [3.63, 3.8) is 0 Å². The summed E-state index contributed by atoms with van der Waals surface area (Å²) in [7, 11) is 0. The molecule has 4 heteroatoms. The van der Waals surface area contributed by atoms with Crippen molar-refractivity contribution in [1.82, 2.24) is 5.32 Å². The summed E-state index contributed by atoms with van der Waals surface area (Å²) >= 11 is 1.67. The highest BCUT2D eigenvalue weighted by Crippen LogP contribution is 2.07. The van der Waals surface area contributed by atoms with E-state index in [1.807, 2.05) is 5.38 Å². The molecule has 0 saturated carbocycles. The first-order valence-corrected chi connectivity index (χ1v) is 7.62. The van der Waals surface area contributed by atoms with Crippen molar-refractivity contribution in [3.05, 3.63) is 22.4 Å². The summed E-state index contributed by atoms with van der Waals surface area (Å²) < 4.78 is 5.42. The Morgan fingerprint density at radius 1 is 1.39 bits per heavy atom. The van der Waals surface area contributed by atoms with Crippen LogP contribution in [0.4, 0.5) is 0 Å². The predicted octanol–water partition coefficient (Wildman–Crippen LogP) is 3.00. The molecular weight excluding hydrogens is 246 g/mol. The maximum atomic E-state index is 11.5. The normalized spacial score (nSPS) is 10.5. The first kappa shape index (κ1) is 15.2. The second-order valence-corrected chi connectivity index (χ2v) is 5.08. The van der Waals surface area contributed by atoms with Gasteiger partial charge in [-0.15, -0.1) is 0 Å². The zero-order chi connectivity index (χ0) is 13.1. The van der Waals surface area contributed by atoms with Gasteiger partial charge in [0.2, 0.25) is 5.91 Å². The van der Waals surface area contributed by atoms with Gasteiger partial charge in [-0.3, -0.25) is 4.79 Å². The predicted molar refractivity (Wildman–Crippen MR) is 76.0 cm³/mol. The second kappa shape index (κ2) is 10.1. The van der Waals surface area contributed by atoms with E-state index in [9.17, 15) is 4.79 Å². The summed E-state index contributed by atoms with van der Waals surface area (Å²) in [4.78, 5) is 11.5. The summed E-state index contributed by atoms with van der Waals surface area (Å²) in [6, 6.07) is 2.07. The van der Waals surface area contributed by atoms with Crippen LogP contribution in [0.5, 0.6) is 0 Å². The van der Waals surface area contributed by atoms with Crippen molar-refractivity contribution in [2.75, 3.05) is 19.8 Å². The van der Waals surface area contributed by atoms with E-state index in [2.05, 4.69) is 23.7 Å². The monoisotopic (exact) mass is 269 g/mol. The van der Waals surface area contributed by atoms with E-state index in [-0.39, 0.29) is 5.91 Å². The van der Waals surface area contributed by atoms with Gasteiger partial charge in [0.15, 0.2) is 0 Å². The van der Waals surface area contributed by atoms with Crippen LogP contribution in [-0.2, 0) is 16.0 Å². The number of carbonyl (C=O) groups is 1. The number of thiophene rings is 1. The molecule has 0 aliphatic carbocycles. The Bertz CT molecular complexity index is 312. The molecule has 3 nitrogen and oxygen atoms in total. The molecule has 102 valence electrons. The fourth-order valence-corrected chi connectivity index (χ4v) is 2.23. The Morgan fingerprint density at radius 2 is 2.22 bits per heavy atom. The molecular formula is C14H23NO2S. The van der Waals surface area contributed by atoms with Crippen molar-refractivity contribution in [2.24, 2.45) is 0 Å². The van der Waals surface area contributed by atoms with Gasteiger partial charge in [0.1, 0.15) is 0 Å². The van der Waals surface area contributed by atoms with Crippen LogP contribution in [-0.4, -0.2) is 25.7 Å². The van der Waals surface area contributed by atoms with Crippen molar-refractivity contribution in [2.45, 2.75) is 39.0 Å². The van der Waals surface area contributed by atoms with Crippen molar-refractivity contribution in [1.29, 1.82) is 0 Å². The summed E-state index contributed by atoms with van der Waals surface area (Å²) in [5.41, 5.74) is 1.25. The third kappa shape index (κ3) is 7.45. The lowest BCUT2D eigenvalue weighted by Crippen LogP contribution is -2.25. The molecule has 0 radical (unpaired) electrons. The highest BCUT2D eigenvalue weighted by Gasteiger charge is 2.01. The highest BCUT2D eigenvalue weighted by atomic mass is 32.1. The summed E-state index contributed by atoms with van der Waals surface area (Å²) in [5, 5.41) is 7.06.